The third kappa shape index (κ3) is 3.62. The van der Waals surface area contributed by atoms with Crippen LogP contribution in [0.15, 0.2) is 23.2 Å². The molecule has 1 heterocycles. The van der Waals surface area contributed by atoms with E-state index >= 15 is 0 Å². The molecule has 120 valence electrons. The number of nitrogens with one attached hydrogen (secondary N) is 1. The van der Waals surface area contributed by atoms with Gasteiger partial charge in [0.15, 0.2) is 17.5 Å². The number of fused-ring (bicyclic) bond motifs is 1. The molecule has 0 radical (unpaired) electrons. The van der Waals surface area contributed by atoms with Gasteiger partial charge in [0.1, 0.15) is 0 Å². The lowest BCUT2D eigenvalue weighted by Crippen LogP contribution is -2.37. The number of anilines is 1. The average Bonchev–Trinajstić information content (AvgIpc) is 2.70. The largest absolute Gasteiger partial charge is 0.490 e. The molecule has 3 N–H and O–H groups in total. The van der Waals surface area contributed by atoms with Crippen LogP contribution >= 0.6 is 0 Å². The van der Waals surface area contributed by atoms with Gasteiger partial charge in [-0.15, -0.1) is 0 Å². The maximum Gasteiger partial charge on any atom is 0.193 e. The summed E-state index contributed by atoms with van der Waals surface area (Å²) < 4.78 is 16.8. The molecule has 0 unspecified atom stereocenters. The Morgan fingerprint density at radius 3 is 2.86 bits per heavy atom. The molecule has 6 heteroatoms. The third-order valence-corrected chi connectivity index (χ3v) is 3.81. The van der Waals surface area contributed by atoms with Crippen molar-refractivity contribution in [3.8, 4) is 11.5 Å². The first-order valence-corrected chi connectivity index (χ1v) is 7.86. The summed E-state index contributed by atoms with van der Waals surface area (Å²) in [6.07, 6.45) is 3.11. The van der Waals surface area contributed by atoms with E-state index in [1.807, 2.05) is 25.1 Å². The summed E-state index contributed by atoms with van der Waals surface area (Å²) >= 11 is 0. The van der Waals surface area contributed by atoms with E-state index in [9.17, 15) is 0 Å². The standard InChI is InChI=1S/C16H23N3O3/c1-2-20-13-8-12(9-13)19-16(17)18-11-4-5-14-15(10-11)22-7-3-6-21-14/h4-5,10,12-13H,2-3,6-9H2,1H3,(H3,17,18,19). The molecule has 1 saturated carbocycles. The Balaban J connectivity index is 1.57. The molecule has 0 bridgehead atoms. The quantitative estimate of drug-likeness (QED) is 0.658. The summed E-state index contributed by atoms with van der Waals surface area (Å²) in [6.45, 7) is 4.12. The number of nitrogens with zero attached hydrogens (tertiary/aromatic N) is 1. The van der Waals surface area contributed by atoms with Crippen LogP contribution in [0, 0.1) is 0 Å². The van der Waals surface area contributed by atoms with Crippen molar-refractivity contribution < 1.29 is 14.2 Å². The minimum atomic E-state index is 0.254. The average molecular weight is 305 g/mol. The Morgan fingerprint density at radius 2 is 2.09 bits per heavy atom. The lowest BCUT2D eigenvalue weighted by atomic mass is 9.90. The fourth-order valence-corrected chi connectivity index (χ4v) is 2.63. The predicted octanol–water partition coefficient (Wildman–Crippen LogP) is 2.14. The van der Waals surface area contributed by atoms with Crippen LogP contribution in [0.2, 0.25) is 0 Å². The molecule has 1 aromatic rings. The van der Waals surface area contributed by atoms with Crippen LogP contribution in [0.25, 0.3) is 0 Å². The SMILES string of the molecule is CCOC1CC(N=C(N)Nc2ccc3c(c2)OCCCO3)C1. The number of guanidine groups is 1. The van der Waals surface area contributed by atoms with Gasteiger partial charge in [0.05, 0.1) is 25.4 Å². The normalized spacial score (nSPS) is 24.3. The lowest BCUT2D eigenvalue weighted by Gasteiger charge is -2.32. The Kier molecular flexibility index (Phi) is 4.68. The predicted molar refractivity (Wildman–Crippen MR) is 85.7 cm³/mol. The van der Waals surface area contributed by atoms with E-state index in [-0.39, 0.29) is 6.04 Å². The van der Waals surface area contributed by atoms with Crippen molar-refractivity contribution >= 4 is 11.6 Å². The van der Waals surface area contributed by atoms with Crippen molar-refractivity contribution in [2.24, 2.45) is 10.7 Å². The highest BCUT2D eigenvalue weighted by molar-refractivity contribution is 5.92. The van der Waals surface area contributed by atoms with Crippen LogP contribution in [0.4, 0.5) is 5.69 Å². The fraction of sp³-hybridized carbons (Fsp3) is 0.562. The number of rotatable bonds is 4. The summed E-state index contributed by atoms with van der Waals surface area (Å²) in [5.74, 6) is 1.95. The second kappa shape index (κ2) is 6.87. The maximum atomic E-state index is 5.97. The Bertz CT molecular complexity index is 541. The zero-order chi connectivity index (χ0) is 15.4. The maximum absolute atomic E-state index is 5.97. The van der Waals surface area contributed by atoms with Gasteiger partial charge in [0.25, 0.3) is 0 Å². The van der Waals surface area contributed by atoms with Crippen molar-refractivity contribution in [3.05, 3.63) is 18.2 Å². The molecule has 3 rings (SSSR count). The Labute approximate surface area is 130 Å². The van der Waals surface area contributed by atoms with Crippen molar-refractivity contribution in [3.63, 3.8) is 0 Å². The van der Waals surface area contributed by atoms with Gasteiger partial charge in [-0.3, -0.25) is 0 Å². The number of hydrogen-bond acceptors (Lipinski definition) is 4. The third-order valence-electron chi connectivity index (χ3n) is 3.81. The van der Waals surface area contributed by atoms with Crippen molar-refractivity contribution in [2.75, 3.05) is 25.1 Å². The highest BCUT2D eigenvalue weighted by Crippen LogP contribution is 2.32. The van der Waals surface area contributed by atoms with Crippen LogP contribution in [-0.2, 0) is 4.74 Å². The van der Waals surface area contributed by atoms with Crippen molar-refractivity contribution in [2.45, 2.75) is 38.3 Å². The van der Waals surface area contributed by atoms with E-state index in [1.165, 1.54) is 0 Å². The molecule has 0 spiro atoms. The molecule has 1 aromatic carbocycles. The first-order valence-electron chi connectivity index (χ1n) is 7.86. The van der Waals surface area contributed by atoms with E-state index in [4.69, 9.17) is 19.9 Å². The molecule has 1 fully saturated rings. The Morgan fingerprint density at radius 1 is 1.32 bits per heavy atom. The minimum absolute atomic E-state index is 0.254. The summed E-state index contributed by atoms with van der Waals surface area (Å²) in [4.78, 5) is 4.47. The van der Waals surface area contributed by atoms with Crippen LogP contribution in [0.5, 0.6) is 11.5 Å². The smallest absolute Gasteiger partial charge is 0.193 e. The first-order chi connectivity index (χ1) is 10.7. The number of nitrogens with two attached hydrogens (primary N) is 1. The van der Waals surface area contributed by atoms with Gasteiger partial charge in [0, 0.05) is 24.8 Å². The molecule has 0 saturated heterocycles. The van der Waals surface area contributed by atoms with Crippen molar-refractivity contribution in [1.82, 2.24) is 0 Å². The van der Waals surface area contributed by atoms with Crippen LogP contribution < -0.4 is 20.5 Å². The van der Waals surface area contributed by atoms with Crippen LogP contribution in [0.1, 0.15) is 26.2 Å². The van der Waals surface area contributed by atoms with Gasteiger partial charge in [-0.2, -0.15) is 0 Å². The molecule has 1 aliphatic heterocycles. The molecular formula is C16H23N3O3. The molecule has 0 atom stereocenters. The topological polar surface area (TPSA) is 78.1 Å². The Hall–Kier alpha value is -1.95. The zero-order valence-corrected chi connectivity index (χ0v) is 12.9. The molecule has 0 amide bonds. The van der Waals surface area contributed by atoms with Crippen LogP contribution in [0.3, 0.4) is 0 Å². The highest BCUT2D eigenvalue weighted by Gasteiger charge is 2.29. The van der Waals surface area contributed by atoms with E-state index in [1.54, 1.807) is 0 Å². The van der Waals surface area contributed by atoms with Gasteiger partial charge in [-0.05, 0) is 31.9 Å². The lowest BCUT2D eigenvalue weighted by molar-refractivity contribution is -0.000702. The summed E-state index contributed by atoms with van der Waals surface area (Å²) in [6, 6.07) is 5.96. The molecular weight excluding hydrogens is 282 g/mol. The van der Waals surface area contributed by atoms with E-state index in [2.05, 4.69) is 10.3 Å². The monoisotopic (exact) mass is 305 g/mol. The number of ether oxygens (including phenoxy) is 3. The van der Waals surface area contributed by atoms with Crippen LogP contribution in [-0.4, -0.2) is 37.9 Å². The highest BCUT2D eigenvalue weighted by atomic mass is 16.5. The number of aliphatic imine (C=N–C) groups is 1. The van der Waals surface area contributed by atoms with E-state index in [0.29, 0.717) is 25.3 Å². The first kappa shape index (κ1) is 15.0. The van der Waals surface area contributed by atoms with Gasteiger partial charge < -0.3 is 25.3 Å². The number of benzene rings is 1. The van der Waals surface area contributed by atoms with Gasteiger partial charge in [-0.25, -0.2) is 4.99 Å². The summed E-state index contributed by atoms with van der Waals surface area (Å²) in [7, 11) is 0. The van der Waals surface area contributed by atoms with Gasteiger partial charge >= 0.3 is 0 Å². The second-order valence-corrected chi connectivity index (χ2v) is 5.55. The second-order valence-electron chi connectivity index (χ2n) is 5.55. The summed E-state index contributed by atoms with van der Waals surface area (Å²) in [5, 5.41) is 3.11. The molecule has 22 heavy (non-hydrogen) atoms. The van der Waals surface area contributed by atoms with E-state index in [0.717, 1.165) is 43.1 Å². The molecule has 6 nitrogen and oxygen atoms in total. The molecule has 2 aliphatic rings. The molecule has 1 aliphatic carbocycles. The van der Waals surface area contributed by atoms with Gasteiger partial charge in [0.2, 0.25) is 0 Å². The molecule has 0 aromatic heterocycles. The fourth-order valence-electron chi connectivity index (χ4n) is 2.63. The number of hydrogen-bond donors (Lipinski definition) is 2. The zero-order valence-electron chi connectivity index (χ0n) is 12.9. The van der Waals surface area contributed by atoms with E-state index < -0.39 is 0 Å². The minimum Gasteiger partial charge on any atom is -0.490 e. The van der Waals surface area contributed by atoms with Crippen molar-refractivity contribution in [1.29, 1.82) is 0 Å². The summed E-state index contributed by atoms with van der Waals surface area (Å²) in [5.41, 5.74) is 6.82. The van der Waals surface area contributed by atoms with Gasteiger partial charge in [-0.1, -0.05) is 0 Å².